The van der Waals surface area contributed by atoms with Gasteiger partial charge in [0, 0.05) is 91.9 Å². The molecule has 2 bridgehead atoms. The maximum Gasteiger partial charge on any atom is 0.505 e. The van der Waals surface area contributed by atoms with Crippen molar-refractivity contribution >= 4 is 37.7 Å². The Bertz CT molecular complexity index is 3040. The molecule has 2 saturated heterocycles. The Labute approximate surface area is 479 Å². The fourth-order valence-electron chi connectivity index (χ4n) is 10.9. The largest absolute Gasteiger partial charge is 0.505 e. The number of nitrogens with one attached hydrogen (secondary N) is 2. The number of alkyl carbamates (subject to hydrolysis) is 1. The number of fused-ring (bicyclic) bond motifs is 2. The minimum absolute atomic E-state index is 0.202. The molecule has 17 nitrogen and oxygen atoms in total. The lowest BCUT2D eigenvalue weighted by Crippen LogP contribution is -2.59. The fourth-order valence-corrected chi connectivity index (χ4v) is 11.7. The lowest BCUT2D eigenvalue weighted by Gasteiger charge is -2.48. The SMILES string of the molecule is COC(=O)C[C@H](C(=O)NN(Cc1c(F)cc(-c2ccn(C(F)F)n2)cc1F)C[C@H](C[P+](=O)O)[C@@H](CC(=O)[C@@H](NC(=O)OC)C(C)(C)C(F)(F)F)Cc1ccc(C#Cc2cnc(N3CC4CCC(C3)N4C3CCC3)nc2)cc1)C(C)(C)C(F)(F)F. The third-order valence-corrected chi connectivity index (χ3v) is 17.1. The molecule has 28 heteroatoms. The number of ketones is 1. The number of carbonyl (C=O) groups is 4. The molecule has 2 aliphatic heterocycles. The van der Waals surface area contributed by atoms with Gasteiger partial charge in [-0.15, -0.1) is 0 Å². The van der Waals surface area contributed by atoms with Crippen LogP contribution in [0.3, 0.4) is 0 Å². The van der Waals surface area contributed by atoms with Crippen LogP contribution in [0.5, 0.6) is 0 Å². The highest BCUT2D eigenvalue weighted by Gasteiger charge is 2.57. The standard InChI is InChI=1S/C56H64F10N9O8P/c1-53(2,55(61,62)63)42(24-47(77)82-5)49(78)71-73(30-41-43(57)21-36(22-44(41)58)45-18-19-74(70-45)50(59)60)27-37(31-84(80)81)35(23-46(76)48(69-52(79)83-6)54(3,4)56(64,65)66)20-33-13-10-32(11-14-33)12-15-34-25-67-51(68-26-34)72-28-39-16-17-40(29-72)75(39)38-8-7-9-38/h10-11,13-14,18-19,21-22,25-26,35,37-40,42,48,50H,7-9,16-17,20,23-24,27-31H2,1-6H3,(H2-,69,71,78,79,80,81)/p+1/t35-,37-,39?,40?,42-,48-/m1/s1. The molecule has 2 amide bonds. The van der Waals surface area contributed by atoms with Crippen molar-refractivity contribution < 1.29 is 82.0 Å². The van der Waals surface area contributed by atoms with Crippen LogP contribution in [0.25, 0.3) is 11.3 Å². The molecule has 0 radical (unpaired) electrons. The number of halogens is 10. The highest BCUT2D eigenvalue weighted by molar-refractivity contribution is 7.38. The summed E-state index contributed by atoms with van der Waals surface area (Å²) in [6.07, 6.45) is -5.13. The third-order valence-electron chi connectivity index (χ3n) is 16.3. The van der Waals surface area contributed by atoms with Crippen molar-refractivity contribution in [3.8, 4) is 23.1 Å². The molecule has 0 spiro atoms. The van der Waals surface area contributed by atoms with E-state index in [0.717, 1.165) is 52.4 Å². The van der Waals surface area contributed by atoms with Crippen LogP contribution >= 0.6 is 8.03 Å². The number of aromatic nitrogens is 4. The Morgan fingerprint density at radius 1 is 0.810 bits per heavy atom. The first-order chi connectivity index (χ1) is 39.4. The summed E-state index contributed by atoms with van der Waals surface area (Å²) in [6.45, 7) is -1.03. The van der Waals surface area contributed by atoms with Crippen LogP contribution in [-0.4, -0.2) is 135 Å². The molecule has 3 aliphatic rings. The van der Waals surface area contributed by atoms with Crippen LogP contribution in [0.15, 0.2) is 61.1 Å². The Balaban J connectivity index is 1.23. The Kier molecular flexibility index (Phi) is 20.6. The van der Waals surface area contributed by atoms with Crippen LogP contribution in [-0.2, 0) is 41.4 Å². The van der Waals surface area contributed by atoms with E-state index in [1.807, 2.05) is 5.32 Å². The van der Waals surface area contributed by atoms with Crippen molar-refractivity contribution in [2.75, 3.05) is 44.9 Å². The van der Waals surface area contributed by atoms with E-state index in [9.17, 15) is 63.8 Å². The summed E-state index contributed by atoms with van der Waals surface area (Å²) in [7, 11) is -1.65. The number of carbonyl (C=O) groups excluding carboxylic acids is 4. The van der Waals surface area contributed by atoms with E-state index in [-0.39, 0.29) is 22.4 Å². The molecule has 456 valence electrons. The number of Topliss-reactive ketones (excluding diaryl/α,β-unsaturated/α-hetero) is 1. The van der Waals surface area contributed by atoms with Gasteiger partial charge in [-0.1, -0.05) is 44.2 Å². The second-order valence-electron chi connectivity index (χ2n) is 22.5. The normalized spacial score (nSPS) is 18.5. The second kappa shape index (κ2) is 26.7. The number of esters is 1. The minimum atomic E-state index is -5.19. The molecule has 4 heterocycles. The average molecular weight is 1210 g/mol. The van der Waals surface area contributed by atoms with Crippen molar-refractivity contribution in [2.24, 2.45) is 28.6 Å². The monoisotopic (exact) mass is 1210 g/mol. The van der Waals surface area contributed by atoms with Gasteiger partial charge in [0.2, 0.25) is 11.9 Å². The van der Waals surface area contributed by atoms with Crippen LogP contribution in [0.1, 0.15) is 101 Å². The van der Waals surface area contributed by atoms with Gasteiger partial charge >= 0.3 is 39.0 Å². The van der Waals surface area contributed by atoms with E-state index in [0.29, 0.717) is 85.6 Å². The number of amides is 2. The zero-order chi connectivity index (χ0) is 61.6. The second-order valence-corrected chi connectivity index (χ2v) is 23.6. The first kappa shape index (κ1) is 64.8. The summed E-state index contributed by atoms with van der Waals surface area (Å²) in [5, 5.41) is 6.19. The van der Waals surface area contributed by atoms with Crippen LogP contribution in [0.2, 0.25) is 0 Å². The van der Waals surface area contributed by atoms with Crippen LogP contribution in [0, 0.1) is 52.1 Å². The quantitative estimate of drug-likeness (QED) is 0.0208. The van der Waals surface area contributed by atoms with E-state index < -0.39 is 135 Å². The first-order valence-electron chi connectivity index (χ1n) is 26.9. The number of benzene rings is 2. The van der Waals surface area contributed by atoms with Gasteiger partial charge in [0.05, 0.1) is 48.6 Å². The number of rotatable bonds is 23. The number of ether oxygens (including phenoxy) is 2. The number of hydrogen-bond donors (Lipinski definition) is 3. The van der Waals surface area contributed by atoms with Crippen LogP contribution < -0.4 is 15.6 Å². The van der Waals surface area contributed by atoms with Gasteiger partial charge < -0.3 is 19.7 Å². The van der Waals surface area contributed by atoms with E-state index in [1.165, 1.54) is 31.4 Å². The zero-order valence-electron chi connectivity index (χ0n) is 46.7. The van der Waals surface area contributed by atoms with Gasteiger partial charge in [0.25, 0.3) is 0 Å². The summed E-state index contributed by atoms with van der Waals surface area (Å²) in [5.74, 6) is -5.60. The number of hydrogen-bond acceptors (Lipinski definition) is 13. The number of piperazine rings is 1. The van der Waals surface area contributed by atoms with Crippen molar-refractivity contribution in [3.63, 3.8) is 0 Å². The molecule has 2 aromatic carbocycles. The lowest BCUT2D eigenvalue weighted by atomic mass is 9.75. The Morgan fingerprint density at radius 3 is 1.92 bits per heavy atom. The number of alkyl halides is 8. The van der Waals surface area contributed by atoms with Gasteiger partial charge in [-0.3, -0.25) is 24.7 Å². The summed E-state index contributed by atoms with van der Waals surface area (Å²) in [6, 6.07) is 7.75. The summed E-state index contributed by atoms with van der Waals surface area (Å²) < 4.78 is 170. The van der Waals surface area contributed by atoms with E-state index >= 15 is 8.78 Å². The molecule has 1 saturated carbocycles. The molecule has 4 aromatic rings. The molecule has 1 aliphatic carbocycles. The molecule has 84 heavy (non-hydrogen) atoms. The lowest BCUT2D eigenvalue weighted by molar-refractivity contribution is -0.231. The number of anilines is 1. The summed E-state index contributed by atoms with van der Waals surface area (Å²) >= 11 is 0. The molecular weight excluding hydrogens is 1150 g/mol. The van der Waals surface area contributed by atoms with Gasteiger partial charge in [0.1, 0.15) is 17.7 Å². The highest BCUT2D eigenvalue weighted by atomic mass is 31.1. The predicted octanol–water partition coefficient (Wildman–Crippen LogP) is 9.70. The molecule has 7 rings (SSSR count). The molecule has 3 fully saturated rings. The van der Waals surface area contributed by atoms with Crippen molar-refractivity contribution in [1.29, 1.82) is 0 Å². The molecule has 3 N–H and O–H groups in total. The fraction of sp³-hybridized carbons (Fsp3) is 0.554. The number of hydrazine groups is 1. The Morgan fingerprint density at radius 2 is 1.40 bits per heavy atom. The number of nitrogens with zero attached hydrogens (tertiary/aromatic N) is 7. The molecule has 2 aromatic heterocycles. The van der Waals surface area contributed by atoms with Gasteiger partial charge in [-0.05, 0) is 92.3 Å². The maximum atomic E-state index is 16.3. The van der Waals surface area contributed by atoms with E-state index in [2.05, 4.69) is 51.6 Å². The highest BCUT2D eigenvalue weighted by Crippen LogP contribution is 2.46. The minimum Gasteiger partial charge on any atom is -0.469 e. The Hall–Kier alpha value is -6.75. The summed E-state index contributed by atoms with van der Waals surface area (Å²) in [5.41, 5.74) is -4.16. The van der Waals surface area contributed by atoms with E-state index in [1.54, 1.807) is 24.5 Å². The van der Waals surface area contributed by atoms with Gasteiger partial charge in [-0.2, -0.15) is 45.1 Å². The van der Waals surface area contributed by atoms with Crippen molar-refractivity contribution in [3.05, 3.63) is 94.9 Å². The van der Waals surface area contributed by atoms with Gasteiger partial charge in [-0.25, -0.2) is 33.2 Å². The molecule has 7 atom stereocenters. The summed E-state index contributed by atoms with van der Waals surface area (Å²) in [4.78, 5) is 78.6. The topological polar surface area (TPSA) is 201 Å². The van der Waals surface area contributed by atoms with Gasteiger partial charge in [0.15, 0.2) is 11.9 Å². The number of methoxy groups -OCH3 is 2. The first-order valence-corrected chi connectivity index (χ1v) is 28.3. The van der Waals surface area contributed by atoms with Crippen LogP contribution in [0.4, 0.5) is 54.6 Å². The van der Waals surface area contributed by atoms with Crippen molar-refractivity contribution in [2.45, 2.75) is 129 Å². The molecule has 3 unspecified atom stereocenters. The zero-order valence-corrected chi connectivity index (χ0v) is 47.6. The smallest absolute Gasteiger partial charge is 0.469 e. The predicted molar refractivity (Wildman–Crippen MR) is 284 cm³/mol. The third kappa shape index (κ3) is 15.4. The maximum absolute atomic E-state index is 16.3. The van der Waals surface area contributed by atoms with E-state index in [4.69, 9.17) is 0 Å². The van der Waals surface area contributed by atoms with Crippen molar-refractivity contribution in [1.82, 2.24) is 40.4 Å². The molecular formula is C56H65F10N9O8P+. The average Bonchev–Trinajstić information content (AvgIpc) is 2.23.